The Morgan fingerprint density at radius 3 is 1.71 bits per heavy atom. The quantitative estimate of drug-likeness (QED) is 0.617. The van der Waals surface area contributed by atoms with E-state index in [4.69, 9.17) is 0 Å². The topological polar surface area (TPSA) is 43.4 Å². The van der Waals surface area contributed by atoms with Crippen LogP contribution in [0, 0.1) is 11.8 Å². The molecule has 4 heteroatoms. The zero-order chi connectivity index (χ0) is 11.1. The van der Waals surface area contributed by atoms with Gasteiger partial charge in [0, 0.05) is 24.4 Å². The fraction of sp³-hybridized carbons (Fsp3) is 1.00. The van der Waals surface area contributed by atoms with E-state index in [-0.39, 0.29) is 0 Å². The molecule has 0 fully saturated rings. The molecule has 0 bridgehead atoms. The predicted molar refractivity (Wildman–Crippen MR) is 59.4 cm³/mol. The Labute approximate surface area is 90.3 Å². The second-order valence-electron chi connectivity index (χ2n) is 4.09. The van der Waals surface area contributed by atoms with Crippen molar-refractivity contribution in [1.29, 1.82) is 0 Å². The summed E-state index contributed by atoms with van der Waals surface area (Å²) in [6.07, 6.45) is 2.04. The van der Waals surface area contributed by atoms with Crippen LogP contribution in [0.5, 0.6) is 0 Å². The second-order valence-corrected chi connectivity index (χ2v) is 5.04. The second kappa shape index (κ2) is 7.37. The molecule has 3 atom stereocenters. The van der Waals surface area contributed by atoms with Gasteiger partial charge in [0.1, 0.15) is 0 Å². The van der Waals surface area contributed by atoms with E-state index in [1.807, 2.05) is 0 Å². The van der Waals surface area contributed by atoms with Crippen LogP contribution in [0.25, 0.3) is 0 Å². The molecule has 0 N–H and O–H groups in total. The van der Waals surface area contributed by atoms with E-state index in [0.717, 1.165) is 12.8 Å². The standard InChI is InChI=1S/C10H23NO2S/c1-5-9(3)7-11(14(12)13)8-10(4)6-2/h9-10H,5-8H2,1-4H3,(H,12,13)/p-1. The molecular formula is C10H22NO2S-. The minimum atomic E-state index is -2.06. The van der Waals surface area contributed by atoms with Gasteiger partial charge in [-0.25, -0.2) is 4.31 Å². The first-order valence-corrected chi connectivity index (χ1v) is 6.38. The molecule has 3 nitrogen and oxygen atoms in total. The summed E-state index contributed by atoms with van der Waals surface area (Å²) in [5.41, 5.74) is 0. The zero-order valence-corrected chi connectivity index (χ0v) is 10.5. The molecular weight excluding hydrogens is 198 g/mol. The molecule has 3 unspecified atom stereocenters. The summed E-state index contributed by atoms with van der Waals surface area (Å²) in [6.45, 7) is 9.63. The first-order valence-electron chi connectivity index (χ1n) is 5.35. The molecule has 0 aromatic heterocycles. The van der Waals surface area contributed by atoms with Crippen molar-refractivity contribution in [3.63, 3.8) is 0 Å². The van der Waals surface area contributed by atoms with Gasteiger partial charge in [-0.1, -0.05) is 40.5 Å². The van der Waals surface area contributed by atoms with Gasteiger partial charge < -0.3 is 4.55 Å². The van der Waals surface area contributed by atoms with Crippen molar-refractivity contribution in [3.05, 3.63) is 0 Å². The van der Waals surface area contributed by atoms with Crippen molar-refractivity contribution >= 4 is 11.3 Å². The van der Waals surface area contributed by atoms with E-state index in [9.17, 15) is 8.76 Å². The number of nitrogens with zero attached hydrogens (tertiary/aromatic N) is 1. The van der Waals surface area contributed by atoms with Crippen LogP contribution in [0.1, 0.15) is 40.5 Å². The molecule has 0 aliphatic rings. The maximum atomic E-state index is 10.9. The summed E-state index contributed by atoms with van der Waals surface area (Å²) < 4.78 is 23.4. The smallest absolute Gasteiger partial charge is 0.0209 e. The van der Waals surface area contributed by atoms with Crippen LogP contribution in [0.15, 0.2) is 0 Å². The van der Waals surface area contributed by atoms with Crippen molar-refractivity contribution in [1.82, 2.24) is 4.31 Å². The van der Waals surface area contributed by atoms with Crippen molar-refractivity contribution < 1.29 is 8.76 Å². The lowest BCUT2D eigenvalue weighted by Crippen LogP contribution is -2.33. The third-order valence-corrected chi connectivity index (χ3v) is 3.36. The van der Waals surface area contributed by atoms with Crippen LogP contribution in [-0.2, 0) is 11.3 Å². The predicted octanol–water partition coefficient (Wildman–Crippen LogP) is 2.17. The van der Waals surface area contributed by atoms with Crippen LogP contribution in [0.4, 0.5) is 0 Å². The highest BCUT2D eigenvalue weighted by molar-refractivity contribution is 7.76. The Kier molecular flexibility index (Phi) is 7.41. The van der Waals surface area contributed by atoms with E-state index in [1.165, 1.54) is 0 Å². The van der Waals surface area contributed by atoms with Gasteiger partial charge in [0.2, 0.25) is 0 Å². The first kappa shape index (κ1) is 14.1. The summed E-state index contributed by atoms with van der Waals surface area (Å²) in [5.74, 6) is 0.883. The molecule has 0 heterocycles. The maximum absolute atomic E-state index is 10.9. The Morgan fingerprint density at radius 1 is 1.14 bits per heavy atom. The van der Waals surface area contributed by atoms with Gasteiger partial charge in [-0.15, -0.1) is 0 Å². The van der Waals surface area contributed by atoms with Gasteiger partial charge in [0.15, 0.2) is 0 Å². The fourth-order valence-electron chi connectivity index (χ4n) is 1.15. The Bertz CT molecular complexity index is 164. The third-order valence-electron chi connectivity index (χ3n) is 2.64. The summed E-state index contributed by atoms with van der Waals surface area (Å²) in [5, 5.41) is 0. The molecule has 0 aliphatic heterocycles. The van der Waals surface area contributed by atoms with Crippen LogP contribution in [0.2, 0.25) is 0 Å². The summed E-state index contributed by atoms with van der Waals surface area (Å²) in [4.78, 5) is 0. The normalized spacial score (nSPS) is 18.1. The molecule has 0 saturated heterocycles. The first-order chi connectivity index (χ1) is 6.51. The van der Waals surface area contributed by atoms with Gasteiger partial charge in [0.25, 0.3) is 0 Å². The zero-order valence-electron chi connectivity index (χ0n) is 9.66. The van der Waals surface area contributed by atoms with Crippen LogP contribution in [0.3, 0.4) is 0 Å². The fourth-order valence-corrected chi connectivity index (χ4v) is 1.90. The van der Waals surface area contributed by atoms with Gasteiger partial charge in [0.05, 0.1) is 0 Å². The van der Waals surface area contributed by atoms with Crippen LogP contribution in [-0.4, -0.2) is 26.2 Å². The molecule has 0 saturated carbocycles. The minimum absolute atomic E-state index is 0.442. The number of hydrogen-bond donors (Lipinski definition) is 0. The van der Waals surface area contributed by atoms with E-state index >= 15 is 0 Å². The monoisotopic (exact) mass is 220 g/mol. The molecule has 86 valence electrons. The molecule has 0 spiro atoms. The van der Waals surface area contributed by atoms with E-state index in [2.05, 4.69) is 27.7 Å². The van der Waals surface area contributed by atoms with E-state index in [1.54, 1.807) is 4.31 Å². The molecule has 0 aliphatic carbocycles. The third kappa shape index (κ3) is 5.73. The molecule has 0 radical (unpaired) electrons. The summed E-state index contributed by atoms with van der Waals surface area (Å²) in [7, 11) is 0. The van der Waals surface area contributed by atoms with Crippen molar-refractivity contribution in [3.8, 4) is 0 Å². The minimum Gasteiger partial charge on any atom is -0.760 e. The van der Waals surface area contributed by atoms with Gasteiger partial charge >= 0.3 is 0 Å². The average molecular weight is 220 g/mol. The van der Waals surface area contributed by atoms with Crippen molar-refractivity contribution in [2.24, 2.45) is 11.8 Å². The SMILES string of the molecule is CCC(C)CN(CC(C)CC)S(=O)[O-]. The van der Waals surface area contributed by atoms with E-state index < -0.39 is 11.3 Å². The Morgan fingerprint density at radius 2 is 1.50 bits per heavy atom. The van der Waals surface area contributed by atoms with Gasteiger partial charge in [-0.3, -0.25) is 4.21 Å². The van der Waals surface area contributed by atoms with E-state index in [0.29, 0.717) is 24.9 Å². The summed E-state index contributed by atoms with van der Waals surface area (Å²) in [6, 6.07) is 0. The molecule has 0 aromatic rings. The molecule has 0 amide bonds. The Balaban J connectivity index is 4.09. The van der Waals surface area contributed by atoms with Crippen molar-refractivity contribution in [2.75, 3.05) is 13.1 Å². The number of hydrogen-bond acceptors (Lipinski definition) is 2. The highest BCUT2D eigenvalue weighted by Gasteiger charge is 2.12. The molecule has 14 heavy (non-hydrogen) atoms. The largest absolute Gasteiger partial charge is 0.760 e. The lowest BCUT2D eigenvalue weighted by Gasteiger charge is -2.28. The van der Waals surface area contributed by atoms with Crippen LogP contribution >= 0.6 is 0 Å². The number of rotatable bonds is 7. The highest BCUT2D eigenvalue weighted by atomic mass is 32.2. The van der Waals surface area contributed by atoms with Crippen LogP contribution < -0.4 is 0 Å². The lowest BCUT2D eigenvalue weighted by molar-refractivity contribution is 0.299. The maximum Gasteiger partial charge on any atom is 0.0209 e. The Hall–Kier alpha value is 0.0700. The van der Waals surface area contributed by atoms with Gasteiger partial charge in [-0.05, 0) is 11.8 Å². The molecule has 0 aromatic carbocycles. The average Bonchev–Trinajstić information content (AvgIpc) is 2.16. The highest BCUT2D eigenvalue weighted by Crippen LogP contribution is 2.10. The van der Waals surface area contributed by atoms with Crippen molar-refractivity contribution in [2.45, 2.75) is 40.5 Å². The molecule has 0 rings (SSSR count). The summed E-state index contributed by atoms with van der Waals surface area (Å²) >= 11 is -2.06. The van der Waals surface area contributed by atoms with Gasteiger partial charge in [-0.2, -0.15) is 0 Å². The lowest BCUT2D eigenvalue weighted by atomic mass is 10.1.